The molecule has 3 N–H and O–H groups in total. The number of aryl methyl sites for hydroxylation is 1. The predicted molar refractivity (Wildman–Crippen MR) is 216 cm³/mol. The zero-order valence-electron chi connectivity index (χ0n) is 31.5. The summed E-state index contributed by atoms with van der Waals surface area (Å²) in [6.45, 7) is 12.3. The van der Waals surface area contributed by atoms with Gasteiger partial charge in [-0.2, -0.15) is 8.42 Å². The molecule has 1 heterocycles. The number of nitrogens with one attached hydrogen (secondary N) is 2. The van der Waals surface area contributed by atoms with E-state index in [-0.39, 0.29) is 17.9 Å². The molecule has 0 aliphatic rings. The van der Waals surface area contributed by atoms with Gasteiger partial charge in [0.05, 0.1) is 11.7 Å². The molecule has 5 aromatic carbocycles. The maximum absolute atomic E-state index is 14.0. The minimum atomic E-state index is -4.19. The second-order valence-corrected chi connectivity index (χ2v) is 15.5. The molecule has 0 spiro atoms. The van der Waals surface area contributed by atoms with Crippen LogP contribution < -0.4 is 10.6 Å². The van der Waals surface area contributed by atoms with Gasteiger partial charge >= 0.3 is 0 Å². The average Bonchev–Trinajstić information content (AvgIpc) is 3.60. The Balaban J connectivity index is 0.00000276. The number of hydrogen-bond acceptors (Lipinski definition) is 6. The Bertz CT molecular complexity index is 2310. The van der Waals surface area contributed by atoms with Gasteiger partial charge in [0, 0.05) is 23.4 Å². The van der Waals surface area contributed by atoms with Crippen molar-refractivity contribution in [3.63, 3.8) is 0 Å². The number of benzene rings is 5. The molecule has 54 heavy (non-hydrogen) atoms. The molecule has 10 heteroatoms. The van der Waals surface area contributed by atoms with Crippen molar-refractivity contribution in [3.05, 3.63) is 143 Å². The van der Waals surface area contributed by atoms with Crippen LogP contribution in [0.4, 0.5) is 5.69 Å². The van der Waals surface area contributed by atoms with Crippen molar-refractivity contribution >= 4 is 38.7 Å². The lowest BCUT2D eigenvalue weighted by molar-refractivity contribution is -0.117. The van der Waals surface area contributed by atoms with Gasteiger partial charge in [0.2, 0.25) is 11.8 Å². The number of fused-ring (bicyclic) bond motifs is 1. The number of nitrogens with zero attached hydrogens (tertiary/aromatic N) is 1. The molecule has 2 amide bonds. The lowest BCUT2D eigenvalue weighted by atomic mass is 9.86. The second kappa shape index (κ2) is 17.0. The number of hydrogen-bond donors (Lipinski definition) is 3. The van der Waals surface area contributed by atoms with Gasteiger partial charge in [-0.15, -0.1) is 0 Å². The van der Waals surface area contributed by atoms with Crippen molar-refractivity contribution in [3.8, 4) is 22.6 Å². The first-order chi connectivity index (χ1) is 25.7. The fourth-order valence-corrected chi connectivity index (χ4v) is 6.35. The SMILES string of the molecule is CC.Cc1cccc2oc(-c3ccc(NC(=O)[C@H](Cc4ccc(C(=O)NCCS(=O)(=O)O)cc4)c4ccc(-c5ccc(C(C)(C)C)cc5)cc4)cc3)nc12. The summed E-state index contributed by atoms with van der Waals surface area (Å²) < 4.78 is 36.9. The van der Waals surface area contributed by atoms with Gasteiger partial charge in [-0.3, -0.25) is 14.1 Å². The molecule has 280 valence electrons. The van der Waals surface area contributed by atoms with Crippen molar-refractivity contribution < 1.29 is 27.0 Å². The first kappa shape index (κ1) is 39.6. The standard InChI is InChI=1S/C42H41N3O6S.C2H6/c1-27-6-5-7-37-38(27)45-41(51-37)33-18-22-35(23-19-33)44-40(47)36(26-28-8-10-32(11-9-28)39(46)43-24-25-52(48,49)50)31-14-12-29(13-15-31)30-16-20-34(21-17-30)42(2,3)4;1-2/h5-23,36H,24-26H2,1-4H3,(H,43,46)(H,44,47)(H,48,49,50);1-2H3/t36-;/m1./s1. The van der Waals surface area contributed by atoms with Gasteiger partial charge in [0.1, 0.15) is 5.52 Å². The van der Waals surface area contributed by atoms with E-state index in [1.165, 1.54) is 5.56 Å². The highest BCUT2D eigenvalue weighted by Crippen LogP contribution is 2.31. The molecule has 0 radical (unpaired) electrons. The van der Waals surface area contributed by atoms with Crippen LogP contribution in [-0.4, -0.2) is 42.1 Å². The highest BCUT2D eigenvalue weighted by Gasteiger charge is 2.23. The first-order valence-electron chi connectivity index (χ1n) is 18.0. The van der Waals surface area contributed by atoms with E-state index in [1.54, 1.807) is 24.3 Å². The lowest BCUT2D eigenvalue weighted by Gasteiger charge is -2.20. The number of rotatable bonds is 11. The smallest absolute Gasteiger partial charge is 0.266 e. The van der Waals surface area contributed by atoms with Crippen LogP contribution in [0.25, 0.3) is 33.7 Å². The van der Waals surface area contributed by atoms with E-state index in [1.807, 2.05) is 87.5 Å². The average molecular weight is 746 g/mol. The van der Waals surface area contributed by atoms with Crippen LogP contribution in [0.5, 0.6) is 0 Å². The predicted octanol–water partition coefficient (Wildman–Crippen LogP) is 9.38. The van der Waals surface area contributed by atoms with Crippen LogP contribution in [0.15, 0.2) is 120 Å². The molecule has 9 nitrogen and oxygen atoms in total. The van der Waals surface area contributed by atoms with Crippen molar-refractivity contribution in [2.75, 3.05) is 17.6 Å². The van der Waals surface area contributed by atoms with Gasteiger partial charge < -0.3 is 15.1 Å². The third-order valence-corrected chi connectivity index (χ3v) is 9.76. The van der Waals surface area contributed by atoms with E-state index in [4.69, 9.17) is 8.97 Å². The number of carbonyl (C=O) groups excluding carboxylic acids is 2. The van der Waals surface area contributed by atoms with E-state index >= 15 is 0 Å². The normalized spacial score (nSPS) is 12.1. The summed E-state index contributed by atoms with van der Waals surface area (Å²) in [6, 6.07) is 36.5. The van der Waals surface area contributed by atoms with Crippen LogP contribution in [0.2, 0.25) is 0 Å². The molecular weight excluding hydrogens is 699 g/mol. The Morgan fingerprint density at radius 3 is 1.96 bits per heavy atom. The van der Waals surface area contributed by atoms with Gasteiger partial charge in [-0.25, -0.2) is 4.98 Å². The summed E-state index contributed by atoms with van der Waals surface area (Å²) in [4.78, 5) is 31.2. The van der Waals surface area contributed by atoms with Gasteiger partial charge in [-0.1, -0.05) is 107 Å². The zero-order chi connectivity index (χ0) is 39.0. The summed E-state index contributed by atoms with van der Waals surface area (Å²) in [7, 11) is -4.19. The molecule has 6 rings (SSSR count). The number of aromatic nitrogens is 1. The summed E-state index contributed by atoms with van der Waals surface area (Å²) >= 11 is 0. The number of oxazole rings is 1. The van der Waals surface area contributed by atoms with E-state index in [0.29, 0.717) is 29.1 Å². The fourth-order valence-electron chi connectivity index (χ4n) is 5.99. The summed E-state index contributed by atoms with van der Waals surface area (Å²) in [6.07, 6.45) is 0.358. The summed E-state index contributed by atoms with van der Waals surface area (Å²) in [5.41, 5.74) is 9.40. The van der Waals surface area contributed by atoms with E-state index < -0.39 is 27.7 Å². The van der Waals surface area contributed by atoms with Crippen molar-refractivity contribution in [1.29, 1.82) is 0 Å². The number of carbonyl (C=O) groups is 2. The molecule has 6 aromatic rings. The number of amides is 2. The van der Waals surface area contributed by atoms with Gasteiger partial charge in [0.15, 0.2) is 5.58 Å². The molecular formula is C44H47N3O6S. The van der Waals surface area contributed by atoms with Crippen LogP contribution in [0, 0.1) is 6.92 Å². The van der Waals surface area contributed by atoms with E-state index in [2.05, 4.69) is 60.7 Å². The molecule has 0 saturated heterocycles. The molecule has 0 aliphatic carbocycles. The van der Waals surface area contributed by atoms with Gasteiger partial charge in [0.25, 0.3) is 16.0 Å². The third-order valence-electron chi connectivity index (χ3n) is 9.04. The summed E-state index contributed by atoms with van der Waals surface area (Å²) in [5.74, 6) is -1.30. The summed E-state index contributed by atoms with van der Waals surface area (Å²) in [5, 5.41) is 5.57. The number of anilines is 1. The minimum Gasteiger partial charge on any atom is -0.436 e. The molecule has 1 atom stereocenters. The van der Waals surface area contributed by atoms with E-state index in [9.17, 15) is 18.0 Å². The zero-order valence-corrected chi connectivity index (χ0v) is 32.3. The third kappa shape index (κ3) is 10.1. The van der Waals surface area contributed by atoms with Crippen LogP contribution >= 0.6 is 0 Å². The number of para-hydroxylation sites is 1. The van der Waals surface area contributed by atoms with Crippen LogP contribution in [-0.2, 0) is 26.7 Å². The maximum atomic E-state index is 14.0. The molecule has 0 aliphatic heterocycles. The minimum absolute atomic E-state index is 0.0534. The molecule has 1 aromatic heterocycles. The molecule has 0 saturated carbocycles. The largest absolute Gasteiger partial charge is 0.436 e. The topological polar surface area (TPSA) is 139 Å². The Labute approximate surface area is 317 Å². The molecule has 0 bridgehead atoms. The monoisotopic (exact) mass is 745 g/mol. The Kier molecular flexibility index (Phi) is 12.5. The van der Waals surface area contributed by atoms with Crippen molar-refractivity contribution in [1.82, 2.24) is 10.3 Å². The first-order valence-corrected chi connectivity index (χ1v) is 19.6. The highest BCUT2D eigenvalue weighted by atomic mass is 32.2. The fraction of sp³-hybridized carbons (Fsp3) is 0.250. The second-order valence-electron chi connectivity index (χ2n) is 14.0. The van der Waals surface area contributed by atoms with Crippen molar-refractivity contribution in [2.24, 2.45) is 0 Å². The highest BCUT2D eigenvalue weighted by molar-refractivity contribution is 7.85. The Morgan fingerprint density at radius 1 is 0.796 bits per heavy atom. The lowest BCUT2D eigenvalue weighted by Crippen LogP contribution is -2.28. The van der Waals surface area contributed by atoms with E-state index in [0.717, 1.165) is 38.9 Å². The Hall–Kier alpha value is -5.58. The van der Waals surface area contributed by atoms with Crippen LogP contribution in [0.3, 0.4) is 0 Å². The van der Waals surface area contributed by atoms with Gasteiger partial charge in [-0.05, 0) is 94.6 Å². The molecule has 0 fully saturated rings. The quantitative estimate of drug-likeness (QED) is 0.112. The molecule has 0 unspecified atom stereocenters. The van der Waals surface area contributed by atoms with Crippen molar-refractivity contribution in [2.45, 2.75) is 59.3 Å². The Morgan fingerprint density at radius 2 is 1.39 bits per heavy atom. The van der Waals surface area contributed by atoms with Crippen LogP contribution in [0.1, 0.15) is 73.1 Å². The maximum Gasteiger partial charge on any atom is 0.266 e.